The van der Waals surface area contributed by atoms with Crippen LogP contribution in [0, 0.1) is 5.41 Å². The zero-order chi connectivity index (χ0) is 21.7. The topological polar surface area (TPSA) is 110 Å². The van der Waals surface area contributed by atoms with Gasteiger partial charge in [-0.2, -0.15) is 0 Å². The van der Waals surface area contributed by atoms with Crippen molar-refractivity contribution in [2.45, 2.75) is 27.2 Å². The summed E-state index contributed by atoms with van der Waals surface area (Å²) in [5, 5.41) is 16.4. The van der Waals surface area contributed by atoms with Gasteiger partial charge in [0.2, 0.25) is 0 Å². The van der Waals surface area contributed by atoms with Crippen molar-refractivity contribution in [3.05, 3.63) is 0 Å². The fourth-order valence-electron chi connectivity index (χ4n) is 1.55. The van der Waals surface area contributed by atoms with Crippen molar-refractivity contribution in [1.82, 2.24) is 0 Å². The number of hydrogen-bond donors (Lipinski definition) is 2. The maximum absolute atomic E-state index is 12.4. The monoisotopic (exact) mass is 402 g/mol. The number of nitrogens with zero attached hydrogens (tertiary/aromatic N) is 1. The first kappa shape index (κ1) is 27.6. The van der Waals surface area contributed by atoms with Gasteiger partial charge in [-0.25, -0.2) is 9.59 Å². The Kier molecular flexibility index (Phi) is 13.8. The van der Waals surface area contributed by atoms with E-state index in [0.717, 1.165) is 0 Å². The molecule has 0 aliphatic rings. The van der Waals surface area contributed by atoms with Crippen LogP contribution < -0.4 is 0 Å². The van der Waals surface area contributed by atoms with E-state index in [1.165, 1.54) is 24.1 Å². The van der Waals surface area contributed by atoms with Crippen molar-refractivity contribution in [2.75, 3.05) is 46.7 Å². The highest BCUT2D eigenvalue weighted by atomic mass is 19.1. The number of ether oxygens (including phenoxy) is 1. The molecule has 0 saturated carbocycles. The fourth-order valence-corrected chi connectivity index (χ4v) is 1.55. The molecule has 0 heterocycles. The molecule has 0 atom stereocenters. The minimum Gasteiger partial charge on any atom is -0.476 e. The molecular formula is C15H28BF3NO7+. The van der Waals surface area contributed by atoms with E-state index in [0.29, 0.717) is 0 Å². The Labute approximate surface area is 157 Å². The molecule has 0 aromatic rings. The summed E-state index contributed by atoms with van der Waals surface area (Å²) in [5.74, 6) is -5.39. The summed E-state index contributed by atoms with van der Waals surface area (Å²) in [6.45, 7) is 5.97. The van der Waals surface area contributed by atoms with Crippen LogP contribution in [0.4, 0.5) is 13.2 Å². The fraction of sp³-hybridized carbons (Fsp3) is 0.800. The average molecular weight is 402 g/mol. The maximum atomic E-state index is 12.4. The van der Waals surface area contributed by atoms with E-state index in [2.05, 4.69) is 37.2 Å². The zero-order valence-electron chi connectivity index (χ0n) is 16.0. The van der Waals surface area contributed by atoms with Crippen molar-refractivity contribution < 1.29 is 51.5 Å². The Hall–Kier alpha value is -1.66. The van der Waals surface area contributed by atoms with Gasteiger partial charge in [-0.15, -0.1) is 0 Å². The summed E-state index contributed by atoms with van der Waals surface area (Å²) in [6, 6.07) is 0. The first-order valence-electron chi connectivity index (χ1n) is 8.31. The lowest BCUT2D eigenvalue weighted by Crippen LogP contribution is -2.42. The SMILES string of the molecule is CC[N+](C)(CC)CC.O=C(CC(CF)(CF)CF)OC(=O)C(=O)OB(O)O. The third-order valence-corrected chi connectivity index (χ3v) is 4.25. The molecule has 0 aliphatic carbocycles. The van der Waals surface area contributed by atoms with Crippen molar-refractivity contribution >= 4 is 25.2 Å². The lowest BCUT2D eigenvalue weighted by Gasteiger charge is -2.30. The molecule has 0 bridgehead atoms. The molecule has 2 N–H and O–H groups in total. The van der Waals surface area contributed by atoms with Crippen LogP contribution in [0.1, 0.15) is 27.2 Å². The minimum absolute atomic E-state index is 1.11. The maximum Gasteiger partial charge on any atom is 0.709 e. The smallest absolute Gasteiger partial charge is 0.476 e. The first-order valence-corrected chi connectivity index (χ1v) is 8.31. The van der Waals surface area contributed by atoms with E-state index >= 15 is 0 Å². The molecule has 0 aliphatic heterocycles. The molecular weight excluding hydrogens is 374 g/mol. The van der Waals surface area contributed by atoms with Crippen LogP contribution in [0.5, 0.6) is 0 Å². The molecule has 0 aromatic carbocycles. The lowest BCUT2D eigenvalue weighted by molar-refractivity contribution is -0.904. The van der Waals surface area contributed by atoms with Gasteiger partial charge in [0.05, 0.1) is 38.5 Å². The number of carbonyl (C=O) groups excluding carboxylic acids is 3. The molecule has 0 saturated heterocycles. The summed E-state index contributed by atoms with van der Waals surface area (Å²) in [4.78, 5) is 32.6. The van der Waals surface area contributed by atoms with Crippen molar-refractivity contribution in [3.8, 4) is 0 Å². The number of halogens is 3. The Morgan fingerprint density at radius 1 is 0.926 bits per heavy atom. The molecule has 12 heteroatoms. The van der Waals surface area contributed by atoms with E-state index in [1.54, 1.807) is 0 Å². The van der Waals surface area contributed by atoms with Gasteiger partial charge < -0.3 is 23.9 Å². The Balaban J connectivity index is 0. The van der Waals surface area contributed by atoms with Crippen molar-refractivity contribution in [1.29, 1.82) is 0 Å². The third-order valence-electron chi connectivity index (χ3n) is 4.25. The van der Waals surface area contributed by atoms with E-state index in [9.17, 15) is 27.6 Å². The van der Waals surface area contributed by atoms with Gasteiger partial charge >= 0.3 is 25.2 Å². The predicted octanol–water partition coefficient (Wildman–Crippen LogP) is 0.347. The molecule has 0 unspecified atom stereocenters. The van der Waals surface area contributed by atoms with E-state index in [4.69, 9.17) is 10.0 Å². The van der Waals surface area contributed by atoms with Gasteiger partial charge in [0.1, 0.15) is 20.0 Å². The Morgan fingerprint density at radius 2 is 1.33 bits per heavy atom. The van der Waals surface area contributed by atoms with Crippen LogP contribution in [0.15, 0.2) is 0 Å². The number of alkyl halides is 3. The van der Waals surface area contributed by atoms with Gasteiger partial charge in [0, 0.05) is 0 Å². The molecule has 0 spiro atoms. The number of hydrogen-bond acceptors (Lipinski definition) is 7. The van der Waals surface area contributed by atoms with Gasteiger partial charge in [-0.05, 0) is 20.8 Å². The second kappa shape index (κ2) is 13.5. The summed E-state index contributed by atoms with van der Waals surface area (Å²) in [5.41, 5.74) is -2.27. The molecule has 0 amide bonds. The Bertz CT molecular complexity index is 456. The predicted molar refractivity (Wildman–Crippen MR) is 90.2 cm³/mol. The van der Waals surface area contributed by atoms with Gasteiger partial charge in [-0.1, -0.05) is 0 Å². The molecule has 8 nitrogen and oxygen atoms in total. The number of carbonyl (C=O) groups is 3. The number of esters is 2. The summed E-state index contributed by atoms with van der Waals surface area (Å²) in [6.07, 6.45) is -1.11. The number of rotatable bonds is 9. The second-order valence-electron chi connectivity index (χ2n) is 6.14. The van der Waals surface area contributed by atoms with Crippen LogP contribution >= 0.6 is 0 Å². The standard InChI is InChI=1S/C8H10BF3O7.C7H18N/c10-2-8(3-11,4-12)1-5(13)18-6(14)7(15)19-9(16)17;1-5-8(4,6-2)7-3/h16-17H,1-4H2;5-7H2,1-4H3/q;+1. The largest absolute Gasteiger partial charge is 0.709 e. The highest BCUT2D eigenvalue weighted by Crippen LogP contribution is 2.25. The minimum atomic E-state index is -2.60. The average Bonchev–Trinajstić information content (AvgIpc) is 2.65. The van der Waals surface area contributed by atoms with Gasteiger partial charge in [0.15, 0.2) is 0 Å². The zero-order valence-corrected chi connectivity index (χ0v) is 16.0. The molecule has 0 radical (unpaired) electrons. The summed E-state index contributed by atoms with van der Waals surface area (Å²) < 4.78 is 45.8. The highest BCUT2D eigenvalue weighted by molar-refractivity contribution is 6.43. The van der Waals surface area contributed by atoms with Crippen LogP contribution in [0.2, 0.25) is 0 Å². The lowest BCUT2D eigenvalue weighted by atomic mass is 9.89. The van der Waals surface area contributed by atoms with Crippen LogP contribution in [0.25, 0.3) is 0 Å². The quantitative estimate of drug-likeness (QED) is 0.188. The van der Waals surface area contributed by atoms with E-state index < -0.39 is 57.1 Å². The van der Waals surface area contributed by atoms with Gasteiger partial charge in [-0.3, -0.25) is 18.0 Å². The first-order chi connectivity index (χ1) is 12.5. The normalized spacial score (nSPS) is 11.1. The van der Waals surface area contributed by atoms with Crippen molar-refractivity contribution in [3.63, 3.8) is 0 Å². The molecule has 0 rings (SSSR count). The number of quaternary nitrogens is 1. The summed E-state index contributed by atoms with van der Waals surface area (Å²) in [7, 11) is -0.309. The molecule has 0 aromatic heterocycles. The van der Waals surface area contributed by atoms with E-state index in [1.807, 2.05) is 0 Å². The molecule has 27 heavy (non-hydrogen) atoms. The van der Waals surface area contributed by atoms with Crippen molar-refractivity contribution in [2.24, 2.45) is 5.41 Å². The van der Waals surface area contributed by atoms with Crippen LogP contribution in [-0.4, -0.2) is 86.5 Å². The van der Waals surface area contributed by atoms with E-state index in [-0.39, 0.29) is 0 Å². The molecule has 0 fully saturated rings. The van der Waals surface area contributed by atoms with Gasteiger partial charge in [0.25, 0.3) is 0 Å². The van der Waals surface area contributed by atoms with Crippen LogP contribution in [0.3, 0.4) is 0 Å². The molecule has 158 valence electrons. The highest BCUT2D eigenvalue weighted by Gasteiger charge is 2.36. The van der Waals surface area contributed by atoms with Crippen LogP contribution in [-0.2, 0) is 23.8 Å². The third kappa shape index (κ3) is 10.9. The second-order valence-corrected chi connectivity index (χ2v) is 6.14. The summed E-state index contributed by atoms with van der Waals surface area (Å²) >= 11 is 0. The Morgan fingerprint density at radius 3 is 1.59 bits per heavy atom.